The van der Waals surface area contributed by atoms with Gasteiger partial charge < -0.3 is 10.2 Å². The molecule has 162 valence electrons. The summed E-state index contributed by atoms with van der Waals surface area (Å²) in [5.41, 5.74) is 3.22. The van der Waals surface area contributed by atoms with E-state index in [9.17, 15) is 13.2 Å². The summed E-state index contributed by atoms with van der Waals surface area (Å²) in [7, 11) is 0.424. The van der Waals surface area contributed by atoms with E-state index in [1.807, 2.05) is 32.3 Å². The first kappa shape index (κ1) is 22.5. The predicted molar refractivity (Wildman–Crippen MR) is 119 cm³/mol. The maximum atomic E-state index is 13.1. The molecule has 0 aromatic heterocycles. The summed E-state index contributed by atoms with van der Waals surface area (Å²) in [4.78, 5) is 15.1. The fraction of sp³-hybridized carbons (Fsp3) is 0.435. The number of sulfonamides is 1. The normalized spacial score (nSPS) is 15.3. The fourth-order valence-electron chi connectivity index (χ4n) is 3.77. The monoisotopic (exact) mass is 429 g/mol. The second-order valence-electron chi connectivity index (χ2n) is 8.13. The second-order valence-corrected chi connectivity index (χ2v) is 10.0. The summed E-state index contributed by atoms with van der Waals surface area (Å²) in [5, 5.41) is 2.94. The van der Waals surface area contributed by atoms with Crippen LogP contribution in [0.2, 0.25) is 0 Å². The van der Waals surface area contributed by atoms with Crippen molar-refractivity contribution in [1.82, 2.24) is 14.5 Å². The van der Waals surface area contributed by atoms with Crippen LogP contribution in [0.15, 0.2) is 47.4 Å². The van der Waals surface area contributed by atoms with E-state index in [1.54, 1.807) is 19.1 Å². The van der Waals surface area contributed by atoms with Gasteiger partial charge in [0.05, 0.1) is 4.90 Å². The number of nitrogens with one attached hydrogen (secondary N) is 1. The minimum atomic E-state index is -3.59. The molecule has 6 nitrogen and oxygen atoms in total. The van der Waals surface area contributed by atoms with E-state index >= 15 is 0 Å². The molecule has 0 unspecified atom stereocenters. The number of piperidine rings is 1. The van der Waals surface area contributed by atoms with Gasteiger partial charge >= 0.3 is 0 Å². The number of nitrogens with zero attached hydrogens (tertiary/aromatic N) is 2. The van der Waals surface area contributed by atoms with Crippen LogP contribution in [-0.4, -0.2) is 50.7 Å². The Labute approximate surface area is 179 Å². The van der Waals surface area contributed by atoms with Gasteiger partial charge in [-0.2, -0.15) is 4.31 Å². The molecule has 0 spiro atoms. The number of amides is 1. The van der Waals surface area contributed by atoms with Crippen LogP contribution in [-0.2, 0) is 23.1 Å². The van der Waals surface area contributed by atoms with Crippen molar-refractivity contribution in [2.24, 2.45) is 0 Å². The maximum absolute atomic E-state index is 13.1. The van der Waals surface area contributed by atoms with Crippen LogP contribution in [0.1, 0.15) is 46.3 Å². The van der Waals surface area contributed by atoms with Crippen LogP contribution in [0.3, 0.4) is 0 Å². The van der Waals surface area contributed by atoms with Gasteiger partial charge in [0, 0.05) is 31.7 Å². The molecule has 0 saturated carbocycles. The van der Waals surface area contributed by atoms with Gasteiger partial charge in [0.2, 0.25) is 10.0 Å². The molecule has 3 rings (SSSR count). The largest absolute Gasteiger partial charge is 0.348 e. The Morgan fingerprint density at radius 3 is 2.37 bits per heavy atom. The van der Waals surface area contributed by atoms with E-state index in [0.29, 0.717) is 30.8 Å². The summed E-state index contributed by atoms with van der Waals surface area (Å²) in [6.45, 7) is 4.04. The van der Waals surface area contributed by atoms with Crippen molar-refractivity contribution in [1.29, 1.82) is 0 Å². The van der Waals surface area contributed by atoms with Crippen LogP contribution < -0.4 is 5.32 Å². The molecular formula is C23H31N3O3S. The molecule has 1 aliphatic heterocycles. The zero-order valence-electron chi connectivity index (χ0n) is 18.0. The van der Waals surface area contributed by atoms with E-state index in [-0.39, 0.29) is 10.8 Å². The van der Waals surface area contributed by atoms with Crippen molar-refractivity contribution in [3.8, 4) is 0 Å². The highest BCUT2D eigenvalue weighted by atomic mass is 32.2. The zero-order chi connectivity index (χ0) is 21.7. The van der Waals surface area contributed by atoms with Crippen LogP contribution >= 0.6 is 0 Å². The van der Waals surface area contributed by atoms with E-state index in [1.165, 1.54) is 10.4 Å². The molecule has 1 N–H and O–H groups in total. The van der Waals surface area contributed by atoms with Crippen molar-refractivity contribution in [2.75, 3.05) is 27.2 Å². The molecule has 2 aromatic carbocycles. The molecular weight excluding hydrogens is 398 g/mol. The molecule has 1 aliphatic rings. The smallest absolute Gasteiger partial charge is 0.251 e. The van der Waals surface area contributed by atoms with Crippen molar-refractivity contribution < 1.29 is 13.2 Å². The van der Waals surface area contributed by atoms with Crippen molar-refractivity contribution in [3.63, 3.8) is 0 Å². The molecule has 1 saturated heterocycles. The van der Waals surface area contributed by atoms with Crippen LogP contribution in [0, 0.1) is 6.92 Å². The van der Waals surface area contributed by atoms with Gasteiger partial charge in [0.1, 0.15) is 0 Å². The third-order valence-corrected chi connectivity index (χ3v) is 7.47. The predicted octanol–water partition coefficient (Wildman–Crippen LogP) is 3.16. The number of hydrogen-bond donors (Lipinski definition) is 1. The Kier molecular flexibility index (Phi) is 7.28. The average molecular weight is 430 g/mol. The highest BCUT2D eigenvalue weighted by Crippen LogP contribution is 2.24. The molecule has 0 bridgehead atoms. The number of aryl methyl sites for hydroxylation is 1. The number of rotatable bonds is 7. The molecule has 2 aromatic rings. The number of carbonyl (C=O) groups is 1. The number of benzene rings is 2. The molecule has 7 heteroatoms. The highest BCUT2D eigenvalue weighted by molar-refractivity contribution is 7.89. The van der Waals surface area contributed by atoms with Gasteiger partial charge in [-0.3, -0.25) is 4.79 Å². The van der Waals surface area contributed by atoms with Gasteiger partial charge in [-0.15, -0.1) is 0 Å². The number of hydrogen-bond acceptors (Lipinski definition) is 4. The van der Waals surface area contributed by atoms with Crippen LogP contribution in [0.4, 0.5) is 0 Å². The quantitative estimate of drug-likeness (QED) is 0.734. The third-order valence-electron chi connectivity index (χ3n) is 5.43. The molecule has 1 amide bonds. The summed E-state index contributed by atoms with van der Waals surface area (Å²) < 4.78 is 27.7. The van der Waals surface area contributed by atoms with Crippen LogP contribution in [0.5, 0.6) is 0 Å². The van der Waals surface area contributed by atoms with Gasteiger partial charge in [0.25, 0.3) is 5.91 Å². The lowest BCUT2D eigenvalue weighted by Crippen LogP contribution is -2.36. The fourth-order valence-corrected chi connectivity index (χ4v) is 5.53. The molecule has 1 heterocycles. The molecule has 0 radical (unpaired) electrons. The van der Waals surface area contributed by atoms with Gasteiger partial charge in [-0.1, -0.05) is 36.8 Å². The van der Waals surface area contributed by atoms with E-state index < -0.39 is 10.0 Å². The standard InChI is InChI=1S/C23H31N3O3S/c1-18-11-12-19(15-22(18)30(28,29)26-13-7-4-8-14-26)23(27)24-16-20-9-5-6-10-21(20)17-25(2)3/h5-6,9-12,15H,4,7-8,13-14,16-17H2,1-3H3,(H,24,27). The first-order chi connectivity index (χ1) is 14.3. The lowest BCUT2D eigenvalue weighted by molar-refractivity contribution is 0.0950. The lowest BCUT2D eigenvalue weighted by atomic mass is 10.1. The lowest BCUT2D eigenvalue weighted by Gasteiger charge is -2.26. The van der Waals surface area contributed by atoms with Gasteiger partial charge in [-0.25, -0.2) is 8.42 Å². The third kappa shape index (κ3) is 5.28. The van der Waals surface area contributed by atoms with Crippen molar-refractivity contribution in [3.05, 3.63) is 64.7 Å². The minimum Gasteiger partial charge on any atom is -0.348 e. The van der Waals surface area contributed by atoms with Gasteiger partial charge in [-0.05, 0) is 62.7 Å². The SMILES string of the molecule is Cc1ccc(C(=O)NCc2ccccc2CN(C)C)cc1S(=O)(=O)N1CCCCC1. The summed E-state index contributed by atoms with van der Waals surface area (Å²) in [5.74, 6) is -0.273. The molecule has 0 aliphatic carbocycles. The first-order valence-electron chi connectivity index (χ1n) is 10.4. The first-order valence-corrected chi connectivity index (χ1v) is 11.8. The van der Waals surface area contributed by atoms with Gasteiger partial charge in [0.15, 0.2) is 0 Å². The number of carbonyl (C=O) groups excluding carboxylic acids is 1. The zero-order valence-corrected chi connectivity index (χ0v) is 18.8. The van der Waals surface area contributed by atoms with Crippen molar-refractivity contribution >= 4 is 15.9 Å². The molecule has 30 heavy (non-hydrogen) atoms. The Balaban J connectivity index is 1.77. The molecule has 1 fully saturated rings. The maximum Gasteiger partial charge on any atom is 0.251 e. The summed E-state index contributed by atoms with van der Waals surface area (Å²) >= 11 is 0. The van der Waals surface area contributed by atoms with E-state index in [0.717, 1.165) is 36.9 Å². The summed E-state index contributed by atoms with van der Waals surface area (Å²) in [6, 6.07) is 12.9. The Bertz CT molecular complexity index is 997. The van der Waals surface area contributed by atoms with E-state index in [4.69, 9.17) is 0 Å². The second kappa shape index (κ2) is 9.73. The highest BCUT2D eigenvalue weighted by Gasteiger charge is 2.28. The van der Waals surface area contributed by atoms with E-state index in [2.05, 4.69) is 16.3 Å². The average Bonchev–Trinajstić information content (AvgIpc) is 2.73. The molecule has 0 atom stereocenters. The van der Waals surface area contributed by atoms with Crippen molar-refractivity contribution in [2.45, 2.75) is 44.2 Å². The Morgan fingerprint density at radius 2 is 1.70 bits per heavy atom. The summed E-state index contributed by atoms with van der Waals surface area (Å²) in [6.07, 6.45) is 2.82. The Morgan fingerprint density at radius 1 is 1.03 bits per heavy atom. The Hall–Kier alpha value is -2.22. The topological polar surface area (TPSA) is 69.7 Å². The van der Waals surface area contributed by atoms with Crippen LogP contribution in [0.25, 0.3) is 0 Å². The minimum absolute atomic E-state index is 0.227.